The summed E-state index contributed by atoms with van der Waals surface area (Å²) in [6.07, 6.45) is -1.33. The Kier molecular flexibility index (Phi) is 4.61. The van der Waals surface area contributed by atoms with Gasteiger partial charge in [-0.15, -0.1) is 0 Å². The third kappa shape index (κ3) is 3.94. The van der Waals surface area contributed by atoms with Gasteiger partial charge in [0.15, 0.2) is 0 Å². The number of halogens is 3. The average Bonchev–Trinajstić information content (AvgIpc) is 2.91. The first-order valence-corrected chi connectivity index (χ1v) is 6.65. The molecule has 2 atom stereocenters. The van der Waals surface area contributed by atoms with Gasteiger partial charge in [-0.3, -0.25) is 9.89 Å². The molecule has 5 nitrogen and oxygen atoms in total. The highest BCUT2D eigenvalue weighted by molar-refractivity contribution is 5.78. The lowest BCUT2D eigenvalue weighted by Crippen LogP contribution is -2.38. The van der Waals surface area contributed by atoms with E-state index in [1.54, 1.807) is 0 Å². The van der Waals surface area contributed by atoms with Gasteiger partial charge >= 0.3 is 6.18 Å². The summed E-state index contributed by atoms with van der Waals surface area (Å²) in [4.78, 5) is 15.8. The molecule has 112 valence electrons. The predicted octanol–water partition coefficient (Wildman–Crippen LogP) is 1.83. The number of H-pyrrole nitrogens is 1. The van der Waals surface area contributed by atoms with Crippen LogP contribution in [0.4, 0.5) is 13.2 Å². The van der Waals surface area contributed by atoms with Crippen molar-refractivity contribution in [2.75, 3.05) is 6.54 Å². The number of hydrogen-bond donors (Lipinski definition) is 2. The van der Waals surface area contributed by atoms with Crippen molar-refractivity contribution in [3.05, 3.63) is 12.2 Å². The Balaban J connectivity index is 1.77. The molecular weight excluding hydrogens is 273 g/mol. The summed E-state index contributed by atoms with van der Waals surface area (Å²) in [7, 11) is 0. The zero-order chi connectivity index (χ0) is 14.6. The Bertz CT molecular complexity index is 432. The number of alkyl halides is 3. The Morgan fingerprint density at radius 2 is 2.25 bits per heavy atom. The van der Waals surface area contributed by atoms with Crippen molar-refractivity contribution < 1.29 is 18.0 Å². The smallest absolute Gasteiger partial charge is 0.355 e. The Morgan fingerprint density at radius 3 is 2.90 bits per heavy atom. The van der Waals surface area contributed by atoms with Crippen LogP contribution in [0, 0.1) is 11.8 Å². The number of nitrogens with zero attached hydrogens (tertiary/aromatic N) is 2. The van der Waals surface area contributed by atoms with Crippen LogP contribution in [-0.2, 0) is 11.2 Å². The van der Waals surface area contributed by atoms with Gasteiger partial charge in [-0.25, -0.2) is 4.98 Å². The second-order valence-corrected chi connectivity index (χ2v) is 5.08. The van der Waals surface area contributed by atoms with Crippen molar-refractivity contribution in [2.45, 2.75) is 38.3 Å². The molecule has 20 heavy (non-hydrogen) atoms. The Labute approximate surface area is 114 Å². The molecule has 0 aromatic carbocycles. The van der Waals surface area contributed by atoms with Gasteiger partial charge in [0, 0.05) is 18.9 Å². The topological polar surface area (TPSA) is 70.7 Å². The number of carbonyl (C=O) groups excluding carboxylic acids is 1. The fraction of sp³-hybridized carbons (Fsp3) is 0.750. The molecule has 2 rings (SSSR count). The van der Waals surface area contributed by atoms with Crippen molar-refractivity contribution in [1.29, 1.82) is 0 Å². The summed E-state index contributed by atoms with van der Waals surface area (Å²) in [5.74, 6) is -1.54. The van der Waals surface area contributed by atoms with Crippen molar-refractivity contribution in [1.82, 2.24) is 20.5 Å². The summed E-state index contributed by atoms with van der Waals surface area (Å²) in [5.41, 5.74) is 0. The second-order valence-electron chi connectivity index (χ2n) is 5.08. The molecule has 1 aliphatic carbocycles. The molecule has 1 aromatic rings. The van der Waals surface area contributed by atoms with E-state index in [-0.39, 0.29) is 18.7 Å². The van der Waals surface area contributed by atoms with Crippen molar-refractivity contribution in [3.63, 3.8) is 0 Å². The summed E-state index contributed by atoms with van der Waals surface area (Å²) in [6.45, 7) is 0.348. The van der Waals surface area contributed by atoms with Crippen LogP contribution in [0.3, 0.4) is 0 Å². The lowest BCUT2D eigenvalue weighted by atomic mass is 9.80. The zero-order valence-electron chi connectivity index (χ0n) is 10.9. The quantitative estimate of drug-likeness (QED) is 0.888. The van der Waals surface area contributed by atoms with E-state index < -0.39 is 18.0 Å². The number of aromatic nitrogens is 3. The highest BCUT2D eigenvalue weighted by Crippen LogP contribution is 2.39. The van der Waals surface area contributed by atoms with E-state index in [4.69, 9.17) is 0 Å². The summed E-state index contributed by atoms with van der Waals surface area (Å²) in [5, 5.41) is 9.00. The number of carbonyl (C=O) groups is 1. The van der Waals surface area contributed by atoms with Gasteiger partial charge in [0.05, 0.1) is 5.92 Å². The van der Waals surface area contributed by atoms with E-state index in [1.807, 2.05) is 0 Å². The van der Waals surface area contributed by atoms with E-state index in [9.17, 15) is 18.0 Å². The van der Waals surface area contributed by atoms with Crippen LogP contribution in [0.25, 0.3) is 0 Å². The molecule has 0 saturated heterocycles. The molecule has 8 heteroatoms. The van der Waals surface area contributed by atoms with Crippen LogP contribution < -0.4 is 5.32 Å². The summed E-state index contributed by atoms with van der Waals surface area (Å²) in [6, 6.07) is 0. The van der Waals surface area contributed by atoms with E-state index in [0.29, 0.717) is 31.6 Å². The van der Waals surface area contributed by atoms with Gasteiger partial charge in [0.2, 0.25) is 5.91 Å². The predicted molar refractivity (Wildman–Crippen MR) is 64.6 cm³/mol. The maximum Gasteiger partial charge on any atom is 0.391 e. The van der Waals surface area contributed by atoms with E-state index >= 15 is 0 Å². The fourth-order valence-corrected chi connectivity index (χ4v) is 2.52. The Morgan fingerprint density at radius 1 is 1.45 bits per heavy atom. The summed E-state index contributed by atoms with van der Waals surface area (Å²) >= 11 is 0. The van der Waals surface area contributed by atoms with Crippen LogP contribution >= 0.6 is 0 Å². The largest absolute Gasteiger partial charge is 0.391 e. The van der Waals surface area contributed by atoms with E-state index in [0.717, 1.165) is 0 Å². The average molecular weight is 290 g/mol. The van der Waals surface area contributed by atoms with Crippen molar-refractivity contribution in [2.24, 2.45) is 11.8 Å². The van der Waals surface area contributed by atoms with Gasteiger partial charge in [0.25, 0.3) is 0 Å². The molecule has 0 aliphatic heterocycles. The van der Waals surface area contributed by atoms with Gasteiger partial charge in [-0.05, 0) is 19.3 Å². The van der Waals surface area contributed by atoms with Crippen LogP contribution in [0.5, 0.6) is 0 Å². The second kappa shape index (κ2) is 6.23. The first-order chi connectivity index (χ1) is 9.47. The number of amides is 1. The van der Waals surface area contributed by atoms with Gasteiger partial charge in [-0.1, -0.05) is 6.42 Å². The molecule has 1 aromatic heterocycles. The molecule has 1 fully saturated rings. The first kappa shape index (κ1) is 14.8. The maximum atomic E-state index is 12.7. The zero-order valence-corrected chi connectivity index (χ0v) is 10.9. The SMILES string of the molecule is O=C(NCCc1ncn[nH]1)C1CCCC(C(F)(F)F)C1. The number of hydrogen-bond acceptors (Lipinski definition) is 3. The van der Waals surface area contributed by atoms with Crippen LogP contribution in [-0.4, -0.2) is 33.8 Å². The van der Waals surface area contributed by atoms with Gasteiger partial charge < -0.3 is 5.32 Å². The highest BCUT2D eigenvalue weighted by atomic mass is 19.4. The minimum absolute atomic E-state index is 0.0996. The van der Waals surface area contributed by atoms with Gasteiger partial charge in [0.1, 0.15) is 12.2 Å². The minimum atomic E-state index is -4.20. The minimum Gasteiger partial charge on any atom is -0.355 e. The molecule has 1 saturated carbocycles. The molecule has 0 spiro atoms. The Hall–Kier alpha value is -1.60. The van der Waals surface area contributed by atoms with E-state index in [1.165, 1.54) is 6.33 Å². The fourth-order valence-electron chi connectivity index (χ4n) is 2.52. The normalized spacial score (nSPS) is 23.6. The van der Waals surface area contributed by atoms with E-state index in [2.05, 4.69) is 20.5 Å². The molecule has 0 bridgehead atoms. The van der Waals surface area contributed by atoms with Crippen molar-refractivity contribution >= 4 is 5.91 Å². The summed E-state index contributed by atoms with van der Waals surface area (Å²) < 4.78 is 38.0. The number of rotatable bonds is 4. The molecule has 1 heterocycles. The third-order valence-corrected chi connectivity index (χ3v) is 3.63. The molecule has 2 N–H and O–H groups in total. The molecule has 2 unspecified atom stereocenters. The molecular formula is C12H17F3N4O. The molecule has 0 radical (unpaired) electrons. The molecule has 1 aliphatic rings. The maximum absolute atomic E-state index is 12.7. The van der Waals surface area contributed by atoms with Gasteiger partial charge in [-0.2, -0.15) is 18.3 Å². The standard InChI is InChI=1S/C12H17F3N4O/c13-12(14,15)9-3-1-2-8(6-9)11(20)16-5-4-10-17-7-18-19-10/h7-9H,1-6H2,(H,16,20)(H,17,18,19). The number of nitrogens with one attached hydrogen (secondary N) is 2. The highest BCUT2D eigenvalue weighted by Gasteiger charge is 2.43. The first-order valence-electron chi connectivity index (χ1n) is 6.65. The third-order valence-electron chi connectivity index (χ3n) is 3.63. The van der Waals surface area contributed by atoms with Crippen LogP contribution in [0.2, 0.25) is 0 Å². The van der Waals surface area contributed by atoms with Crippen LogP contribution in [0.15, 0.2) is 6.33 Å². The number of aromatic amines is 1. The lowest BCUT2D eigenvalue weighted by molar-refractivity contribution is -0.186. The lowest BCUT2D eigenvalue weighted by Gasteiger charge is -2.29. The van der Waals surface area contributed by atoms with Crippen LogP contribution in [0.1, 0.15) is 31.5 Å². The molecule has 1 amide bonds. The monoisotopic (exact) mass is 290 g/mol. The van der Waals surface area contributed by atoms with Crippen molar-refractivity contribution in [3.8, 4) is 0 Å².